The summed E-state index contributed by atoms with van der Waals surface area (Å²) in [5, 5.41) is 29.1. The minimum absolute atomic E-state index is 0.220. The van der Waals surface area contributed by atoms with Gasteiger partial charge in [-0.3, -0.25) is 14.4 Å². The van der Waals surface area contributed by atoms with Crippen LogP contribution >= 0.6 is 0 Å². The molecule has 0 aliphatic carbocycles. The molecular weight excluding hydrogens is 512 g/mol. The lowest BCUT2D eigenvalue weighted by atomic mass is 9.65. The number of carboxylic acid groups (broad SMARTS) is 3. The Balaban J connectivity index is 7.01. The molecule has 0 spiro atoms. The van der Waals surface area contributed by atoms with E-state index in [0.717, 1.165) is 77.0 Å². The Bertz CT molecular complexity index is 700. The van der Waals surface area contributed by atoms with Gasteiger partial charge in [-0.1, -0.05) is 119 Å². The molecule has 0 rings (SSSR count). The number of hydrogen-bond acceptors (Lipinski definition) is 5. The summed E-state index contributed by atoms with van der Waals surface area (Å²) in [7, 11) is 0. The van der Waals surface area contributed by atoms with Gasteiger partial charge in [0.15, 0.2) is 0 Å². The van der Waals surface area contributed by atoms with Crippen molar-refractivity contribution in [3.05, 3.63) is 0 Å². The summed E-state index contributed by atoms with van der Waals surface area (Å²) < 4.78 is 5.74. The van der Waals surface area contributed by atoms with Crippen molar-refractivity contribution in [1.82, 2.24) is 0 Å². The van der Waals surface area contributed by atoms with Crippen LogP contribution in [0.3, 0.4) is 0 Å². The normalized spacial score (nSPS) is 15.6. The van der Waals surface area contributed by atoms with Crippen molar-refractivity contribution in [2.24, 2.45) is 23.2 Å². The Morgan fingerprint density at radius 1 is 0.600 bits per heavy atom. The lowest BCUT2D eigenvalue weighted by Crippen LogP contribution is -2.51. The average molecular weight is 571 g/mol. The molecule has 8 heteroatoms. The van der Waals surface area contributed by atoms with Crippen LogP contribution in [0.4, 0.5) is 0 Å². The molecule has 3 atom stereocenters. The lowest BCUT2D eigenvalue weighted by Gasteiger charge is -2.41. The van der Waals surface area contributed by atoms with Crippen molar-refractivity contribution < 1.29 is 39.2 Å². The second kappa shape index (κ2) is 19.9. The Labute approximate surface area is 242 Å². The highest BCUT2D eigenvalue weighted by molar-refractivity contribution is 5.91. The van der Waals surface area contributed by atoms with Crippen molar-refractivity contribution in [3.63, 3.8) is 0 Å². The van der Waals surface area contributed by atoms with E-state index in [9.17, 15) is 34.5 Å². The van der Waals surface area contributed by atoms with E-state index in [1.54, 1.807) is 0 Å². The van der Waals surface area contributed by atoms with Gasteiger partial charge < -0.3 is 20.1 Å². The van der Waals surface area contributed by atoms with Crippen molar-refractivity contribution >= 4 is 23.9 Å². The molecule has 0 heterocycles. The molecule has 3 unspecified atom stereocenters. The highest BCUT2D eigenvalue weighted by Crippen LogP contribution is 2.47. The van der Waals surface area contributed by atoms with Gasteiger partial charge in [-0.25, -0.2) is 4.79 Å². The summed E-state index contributed by atoms with van der Waals surface area (Å²) in [5.74, 6) is -4.87. The summed E-state index contributed by atoms with van der Waals surface area (Å²) in [6, 6.07) is 0. The predicted octanol–water partition coefficient (Wildman–Crippen LogP) is 8.11. The summed E-state index contributed by atoms with van der Waals surface area (Å²) in [6.07, 6.45) is 10.9. The number of carboxylic acids is 3. The first-order valence-corrected chi connectivity index (χ1v) is 15.8. The quantitative estimate of drug-likeness (QED) is 0.0936. The second-order valence-electron chi connectivity index (χ2n) is 12.0. The molecule has 3 N–H and O–H groups in total. The van der Waals surface area contributed by atoms with Gasteiger partial charge in [0, 0.05) is 0 Å². The number of rotatable bonds is 25. The van der Waals surface area contributed by atoms with Crippen LogP contribution in [0.2, 0.25) is 0 Å². The van der Waals surface area contributed by atoms with Crippen molar-refractivity contribution in [3.8, 4) is 0 Å². The van der Waals surface area contributed by atoms with Gasteiger partial charge in [0.05, 0.1) is 18.3 Å². The zero-order valence-electron chi connectivity index (χ0n) is 26.1. The van der Waals surface area contributed by atoms with Gasteiger partial charge in [-0.05, 0) is 37.0 Å². The molecular formula is C32H58O8. The molecule has 0 saturated heterocycles. The van der Waals surface area contributed by atoms with E-state index >= 15 is 0 Å². The number of carbonyl (C=O) groups excluding carboxylic acids is 1. The van der Waals surface area contributed by atoms with Gasteiger partial charge in [0.2, 0.25) is 5.60 Å². The fourth-order valence-electron chi connectivity index (χ4n) is 6.09. The van der Waals surface area contributed by atoms with Crippen LogP contribution in [0.1, 0.15) is 151 Å². The van der Waals surface area contributed by atoms with E-state index in [1.165, 1.54) is 0 Å². The monoisotopic (exact) mass is 570 g/mol. The van der Waals surface area contributed by atoms with E-state index < -0.39 is 47.7 Å². The second-order valence-corrected chi connectivity index (χ2v) is 12.0. The predicted molar refractivity (Wildman–Crippen MR) is 157 cm³/mol. The van der Waals surface area contributed by atoms with E-state index in [4.69, 9.17) is 4.74 Å². The number of unbranched alkanes of at least 4 members (excludes halogenated alkanes) is 3. The fourth-order valence-corrected chi connectivity index (χ4v) is 6.09. The summed E-state index contributed by atoms with van der Waals surface area (Å²) in [6.45, 7) is 12.7. The molecule has 0 aliphatic heterocycles. The van der Waals surface area contributed by atoms with Gasteiger partial charge >= 0.3 is 23.9 Å². The third kappa shape index (κ3) is 13.0. The van der Waals surface area contributed by atoms with Crippen LogP contribution in [0.5, 0.6) is 0 Å². The van der Waals surface area contributed by atoms with Crippen molar-refractivity contribution in [2.75, 3.05) is 0 Å². The number of aliphatic carboxylic acids is 3. The first-order valence-electron chi connectivity index (χ1n) is 15.8. The maximum absolute atomic E-state index is 14.5. The Morgan fingerprint density at radius 2 is 0.925 bits per heavy atom. The molecule has 0 radical (unpaired) electrons. The van der Waals surface area contributed by atoms with E-state index in [2.05, 4.69) is 41.5 Å². The minimum atomic E-state index is -2.67. The van der Waals surface area contributed by atoms with E-state index in [0.29, 0.717) is 19.3 Å². The van der Waals surface area contributed by atoms with Crippen LogP contribution in [0.25, 0.3) is 0 Å². The standard InChI is InChI=1S/C32H58O8/c1-7-13-16-24(10-4)19-31(20-25(11-5)17-14-8-2,21-26(12-6)18-15-9-3)30(39)40-32(29(37)38,22-27(33)34)23-28(35)36/h24-26H,7-23H2,1-6H3,(H,33,34)(H,35,36)(H,37,38). The number of esters is 1. The van der Waals surface area contributed by atoms with Gasteiger partial charge in [-0.15, -0.1) is 0 Å². The maximum Gasteiger partial charge on any atom is 0.349 e. The number of carbonyl (C=O) groups is 4. The third-order valence-corrected chi connectivity index (χ3v) is 8.65. The summed E-state index contributed by atoms with van der Waals surface area (Å²) in [4.78, 5) is 50.3. The smallest absolute Gasteiger partial charge is 0.349 e. The summed E-state index contributed by atoms with van der Waals surface area (Å²) in [5.41, 5.74) is -3.68. The first kappa shape index (κ1) is 37.9. The van der Waals surface area contributed by atoms with Crippen LogP contribution in [0.15, 0.2) is 0 Å². The molecule has 0 aromatic rings. The molecule has 234 valence electrons. The zero-order valence-corrected chi connectivity index (χ0v) is 26.1. The topological polar surface area (TPSA) is 138 Å². The van der Waals surface area contributed by atoms with Gasteiger partial charge in [-0.2, -0.15) is 0 Å². The number of ether oxygens (including phenoxy) is 1. The van der Waals surface area contributed by atoms with Gasteiger partial charge in [0.25, 0.3) is 0 Å². The SMILES string of the molecule is CCCCC(CC)CC(CC(CC)CCCC)(CC(CC)CCCC)C(=O)OC(CC(=O)O)(CC(=O)O)C(=O)O. The molecule has 0 bridgehead atoms. The molecule has 0 saturated carbocycles. The first-order chi connectivity index (χ1) is 18.9. The molecule has 0 aromatic heterocycles. The molecule has 0 amide bonds. The summed E-state index contributed by atoms with van der Waals surface area (Å²) >= 11 is 0. The largest absolute Gasteiger partial charge is 0.481 e. The molecule has 8 nitrogen and oxygen atoms in total. The van der Waals surface area contributed by atoms with Crippen LogP contribution in [-0.4, -0.2) is 44.8 Å². The Kier molecular flexibility index (Phi) is 18.8. The highest BCUT2D eigenvalue weighted by atomic mass is 16.6. The van der Waals surface area contributed by atoms with Crippen molar-refractivity contribution in [1.29, 1.82) is 0 Å². The average Bonchev–Trinajstić information content (AvgIpc) is 2.89. The Hall–Kier alpha value is -2.12. The minimum Gasteiger partial charge on any atom is -0.481 e. The van der Waals surface area contributed by atoms with Gasteiger partial charge in [0.1, 0.15) is 0 Å². The van der Waals surface area contributed by atoms with Crippen LogP contribution < -0.4 is 0 Å². The molecule has 40 heavy (non-hydrogen) atoms. The molecule has 0 fully saturated rings. The van der Waals surface area contributed by atoms with E-state index in [-0.39, 0.29) is 17.8 Å². The fraction of sp³-hybridized carbons (Fsp3) is 0.875. The Morgan fingerprint density at radius 3 is 1.15 bits per heavy atom. The maximum atomic E-state index is 14.5. The lowest BCUT2D eigenvalue weighted by molar-refractivity contribution is -0.195. The third-order valence-electron chi connectivity index (χ3n) is 8.65. The van der Waals surface area contributed by atoms with Crippen LogP contribution in [-0.2, 0) is 23.9 Å². The molecule has 0 aromatic carbocycles. The highest BCUT2D eigenvalue weighted by Gasteiger charge is 2.52. The molecule has 0 aliphatic rings. The van der Waals surface area contributed by atoms with Crippen molar-refractivity contribution in [2.45, 2.75) is 156 Å². The zero-order chi connectivity index (χ0) is 30.8. The number of hydrogen-bond donors (Lipinski definition) is 3. The van der Waals surface area contributed by atoms with E-state index in [1.807, 2.05) is 0 Å². The van der Waals surface area contributed by atoms with Crippen LogP contribution in [0, 0.1) is 23.2 Å².